The molecular weight excluding hydrogens is 651 g/mol. The average molecular weight is 673 g/mol. The van der Waals surface area contributed by atoms with E-state index in [4.69, 9.17) is 34.2 Å². The lowest BCUT2D eigenvalue weighted by Crippen LogP contribution is -2.17. The molecule has 47 heavy (non-hydrogen) atoms. The number of esters is 2. The number of carbonyl (C=O) groups is 3. The summed E-state index contributed by atoms with van der Waals surface area (Å²) in [4.78, 5) is 45.5. The normalized spacial score (nSPS) is 10.6. The molecule has 0 spiro atoms. The molecule has 0 saturated carbocycles. The molecule has 0 atom stereocenters. The van der Waals surface area contributed by atoms with Gasteiger partial charge < -0.3 is 15.2 Å². The molecule has 0 saturated heterocycles. The van der Waals surface area contributed by atoms with Crippen molar-refractivity contribution in [3.63, 3.8) is 0 Å². The predicted octanol–water partition coefficient (Wildman–Crippen LogP) is 3.60. The van der Waals surface area contributed by atoms with Gasteiger partial charge in [0.25, 0.3) is 5.91 Å². The number of methoxy groups -OCH3 is 2. The summed E-state index contributed by atoms with van der Waals surface area (Å²) in [6.07, 6.45) is 3.15. The number of fused-ring (bicyclic) bond motifs is 2. The van der Waals surface area contributed by atoms with Crippen molar-refractivity contribution in [2.75, 3.05) is 14.2 Å². The maximum Gasteiger partial charge on any atom is 0.361 e. The fourth-order valence-electron chi connectivity index (χ4n) is 4.38. The summed E-state index contributed by atoms with van der Waals surface area (Å²) >= 11 is 11.9. The number of nitriles is 1. The van der Waals surface area contributed by atoms with Crippen molar-refractivity contribution in [1.82, 2.24) is 40.0 Å². The fraction of sp³-hybridized carbons (Fsp3) is 0.133. The topological polar surface area (TPSA) is 207 Å². The van der Waals surface area contributed by atoms with Gasteiger partial charge in [-0.15, -0.1) is 20.4 Å². The summed E-state index contributed by atoms with van der Waals surface area (Å²) in [5.74, 6) is -2.32. The Hall–Kier alpha value is -5.98. The largest absolute Gasteiger partial charge is 0.464 e. The molecule has 0 unspecified atom stereocenters. The van der Waals surface area contributed by atoms with E-state index in [1.165, 1.54) is 23.8 Å². The first-order chi connectivity index (χ1) is 22.6. The minimum atomic E-state index is -0.851. The molecule has 4 aromatic heterocycles. The lowest BCUT2D eigenvalue weighted by Gasteiger charge is -2.03. The number of carbonyl (C=O) groups excluding carboxylic acids is 3. The van der Waals surface area contributed by atoms with Crippen molar-refractivity contribution in [2.24, 2.45) is 5.73 Å². The lowest BCUT2D eigenvalue weighted by molar-refractivity contribution is 0.0583. The van der Waals surface area contributed by atoms with Gasteiger partial charge in [0.2, 0.25) is 11.4 Å². The smallest absolute Gasteiger partial charge is 0.361 e. The quantitative estimate of drug-likeness (QED) is 0.241. The second kappa shape index (κ2) is 14.0. The molecule has 0 aliphatic carbocycles. The highest BCUT2D eigenvalue weighted by Gasteiger charge is 2.23. The predicted molar refractivity (Wildman–Crippen MR) is 168 cm³/mol. The molecule has 1 amide bonds. The number of aromatic nitrogens is 8. The SMILES string of the molecule is COC(=O)c1nn(Cc2ccc3ncc(Cl)cc3c2)nc1C#N.COC(=O)c1nn(Cc2ccc3ncc(Cl)cc3c2)nc1C(N)=O. The van der Waals surface area contributed by atoms with E-state index < -0.39 is 17.8 Å². The van der Waals surface area contributed by atoms with Crippen LogP contribution in [0, 0.1) is 11.3 Å². The second-order valence-electron chi connectivity index (χ2n) is 9.68. The molecular formula is C30H22Cl2N10O5. The molecule has 0 bridgehead atoms. The molecule has 17 heteroatoms. The van der Waals surface area contributed by atoms with Crippen LogP contribution in [0.3, 0.4) is 0 Å². The van der Waals surface area contributed by atoms with Gasteiger partial charge in [-0.3, -0.25) is 14.8 Å². The molecule has 15 nitrogen and oxygen atoms in total. The maximum atomic E-state index is 11.6. The molecule has 0 radical (unpaired) electrons. The Morgan fingerprint density at radius 3 is 1.70 bits per heavy atom. The van der Waals surface area contributed by atoms with Gasteiger partial charge in [-0.05, 0) is 47.5 Å². The van der Waals surface area contributed by atoms with Crippen molar-refractivity contribution < 1.29 is 23.9 Å². The number of rotatable bonds is 7. The summed E-state index contributed by atoms with van der Waals surface area (Å²) < 4.78 is 9.16. The Bertz CT molecular complexity index is 2210. The van der Waals surface area contributed by atoms with Crippen LogP contribution >= 0.6 is 23.2 Å². The van der Waals surface area contributed by atoms with Crippen LogP contribution in [0.5, 0.6) is 0 Å². The first kappa shape index (κ1) is 32.4. The van der Waals surface area contributed by atoms with Crippen LogP contribution in [0.1, 0.15) is 48.3 Å². The van der Waals surface area contributed by atoms with Crippen LogP contribution < -0.4 is 5.73 Å². The molecule has 4 heterocycles. The monoisotopic (exact) mass is 672 g/mol. The number of nitrogens with zero attached hydrogens (tertiary/aromatic N) is 9. The third-order valence-corrected chi connectivity index (χ3v) is 6.89. The Morgan fingerprint density at radius 1 is 0.745 bits per heavy atom. The van der Waals surface area contributed by atoms with Crippen molar-refractivity contribution in [2.45, 2.75) is 13.1 Å². The van der Waals surface area contributed by atoms with Gasteiger partial charge >= 0.3 is 11.9 Å². The van der Waals surface area contributed by atoms with Crippen LogP contribution in [0.2, 0.25) is 10.0 Å². The highest BCUT2D eigenvalue weighted by Crippen LogP contribution is 2.20. The van der Waals surface area contributed by atoms with Gasteiger partial charge in [0.05, 0.1) is 48.4 Å². The van der Waals surface area contributed by atoms with Crippen molar-refractivity contribution in [3.05, 3.63) is 105 Å². The molecule has 0 aliphatic heterocycles. The van der Waals surface area contributed by atoms with Crippen molar-refractivity contribution in [1.29, 1.82) is 5.26 Å². The number of hydrogen-bond acceptors (Lipinski definition) is 12. The minimum absolute atomic E-state index is 0.0673. The van der Waals surface area contributed by atoms with Gasteiger partial charge in [0.15, 0.2) is 11.4 Å². The Balaban J connectivity index is 0.000000185. The van der Waals surface area contributed by atoms with E-state index in [9.17, 15) is 14.4 Å². The van der Waals surface area contributed by atoms with E-state index >= 15 is 0 Å². The number of pyridine rings is 2. The van der Waals surface area contributed by atoms with Gasteiger partial charge in [0, 0.05) is 23.2 Å². The third-order valence-electron chi connectivity index (χ3n) is 6.48. The van der Waals surface area contributed by atoms with Gasteiger partial charge in [-0.1, -0.05) is 35.3 Å². The van der Waals surface area contributed by atoms with E-state index in [-0.39, 0.29) is 29.3 Å². The number of nitrogens with two attached hydrogens (primary N) is 1. The first-order valence-corrected chi connectivity index (χ1v) is 14.2. The Kier molecular flexibility index (Phi) is 9.64. The van der Waals surface area contributed by atoms with E-state index in [0.29, 0.717) is 16.6 Å². The molecule has 6 rings (SSSR count). The van der Waals surface area contributed by atoms with Crippen LogP contribution in [0.25, 0.3) is 21.8 Å². The van der Waals surface area contributed by atoms with E-state index in [1.54, 1.807) is 18.5 Å². The average Bonchev–Trinajstić information content (AvgIpc) is 3.68. The zero-order valence-corrected chi connectivity index (χ0v) is 26.1. The Morgan fingerprint density at radius 2 is 1.21 bits per heavy atom. The molecule has 0 aliphatic rings. The zero-order valence-electron chi connectivity index (χ0n) is 24.6. The van der Waals surface area contributed by atoms with Crippen molar-refractivity contribution in [3.8, 4) is 6.07 Å². The molecule has 236 valence electrons. The minimum Gasteiger partial charge on any atom is -0.464 e. The summed E-state index contributed by atoms with van der Waals surface area (Å²) in [5, 5.41) is 27.8. The van der Waals surface area contributed by atoms with Gasteiger partial charge in [-0.25, -0.2) is 9.59 Å². The number of amides is 1. The molecule has 6 aromatic rings. The lowest BCUT2D eigenvalue weighted by atomic mass is 10.1. The van der Waals surface area contributed by atoms with E-state index in [0.717, 1.165) is 32.9 Å². The van der Waals surface area contributed by atoms with E-state index in [1.807, 2.05) is 48.5 Å². The summed E-state index contributed by atoms with van der Waals surface area (Å²) in [6.45, 7) is 0.536. The molecule has 2 aromatic carbocycles. The third kappa shape index (κ3) is 7.47. The highest BCUT2D eigenvalue weighted by atomic mass is 35.5. The van der Waals surface area contributed by atoms with Gasteiger partial charge in [0.1, 0.15) is 6.07 Å². The standard InChI is InChI=1S/C15H12ClN5O3.C15H10ClN5O2/c1-24-15(23)13-12(14(17)22)19-21(20-13)7-8-2-3-11-9(4-8)5-10(16)6-18-11;1-23-15(22)14-13(6-17)19-21(20-14)8-9-2-3-12-10(4-9)5-11(16)7-18-12/h2-6H,7H2,1H3,(H2,17,22);2-5,7H,8H2,1H3. The van der Waals surface area contributed by atoms with Crippen LogP contribution in [-0.2, 0) is 22.6 Å². The number of halogens is 2. The summed E-state index contributed by atoms with van der Waals surface area (Å²) in [7, 11) is 2.41. The first-order valence-electron chi connectivity index (χ1n) is 13.4. The second-order valence-corrected chi connectivity index (χ2v) is 10.5. The van der Waals surface area contributed by atoms with Crippen LogP contribution in [0.15, 0.2) is 60.9 Å². The summed E-state index contributed by atoms with van der Waals surface area (Å²) in [5.41, 5.74) is 7.96. The van der Waals surface area contributed by atoms with E-state index in [2.05, 4.69) is 39.8 Å². The zero-order chi connectivity index (χ0) is 33.7. The number of primary amides is 1. The Labute approximate surface area is 275 Å². The summed E-state index contributed by atoms with van der Waals surface area (Å²) in [6, 6.07) is 16.6. The van der Waals surface area contributed by atoms with Crippen LogP contribution in [-0.4, -0.2) is 72.0 Å². The number of hydrogen-bond donors (Lipinski definition) is 1. The fourth-order valence-corrected chi connectivity index (χ4v) is 4.71. The maximum absolute atomic E-state index is 11.6. The van der Waals surface area contributed by atoms with Crippen molar-refractivity contribution >= 4 is 62.9 Å². The molecule has 2 N–H and O–H groups in total. The number of benzene rings is 2. The number of ether oxygens (including phenoxy) is 2. The van der Waals surface area contributed by atoms with Crippen LogP contribution in [0.4, 0.5) is 0 Å². The highest BCUT2D eigenvalue weighted by molar-refractivity contribution is 6.31. The van der Waals surface area contributed by atoms with Gasteiger partial charge in [-0.2, -0.15) is 14.9 Å². The molecule has 0 fully saturated rings.